The molecule has 0 fully saturated rings. The Morgan fingerprint density at radius 1 is 0.812 bits per heavy atom. The molecule has 0 spiro atoms. The van der Waals surface area contributed by atoms with Gasteiger partial charge in [-0.2, -0.15) is 0 Å². The molecular weight excluding hydrogens is 200 g/mol. The van der Waals surface area contributed by atoms with Crippen LogP contribution in [0.5, 0.6) is 0 Å². The molecule has 2 rings (SSSR count). The molecular formula is C12H14N4. The fourth-order valence-corrected chi connectivity index (χ4v) is 1.54. The average Bonchev–Trinajstić information content (AvgIpc) is 2.31. The third-order valence-corrected chi connectivity index (χ3v) is 2.45. The minimum absolute atomic E-state index is 0.627. The number of nitrogen functional groups attached to an aromatic ring is 3. The van der Waals surface area contributed by atoms with Gasteiger partial charge in [0.2, 0.25) is 0 Å². The monoisotopic (exact) mass is 214 g/mol. The van der Waals surface area contributed by atoms with E-state index in [4.69, 9.17) is 17.3 Å². The van der Waals surface area contributed by atoms with Crippen LogP contribution in [0, 0.1) is 0 Å². The molecule has 7 N–H and O–H groups in total. The standard InChI is InChI=1S/C12H14N4/c13-10-4-1-8(2-5-10)9-3-6-11(14)12(7-9)16-15/h1-7,16H,13-15H2. The molecule has 0 aliphatic rings. The summed E-state index contributed by atoms with van der Waals surface area (Å²) in [6.45, 7) is 0. The Labute approximate surface area is 94.0 Å². The number of rotatable bonds is 2. The van der Waals surface area contributed by atoms with Crippen LogP contribution in [-0.2, 0) is 0 Å². The fraction of sp³-hybridized carbons (Fsp3) is 0. The first kappa shape index (κ1) is 10.3. The molecule has 4 nitrogen and oxygen atoms in total. The van der Waals surface area contributed by atoms with Gasteiger partial charge < -0.3 is 16.9 Å². The van der Waals surface area contributed by atoms with Crippen LogP contribution >= 0.6 is 0 Å². The molecule has 0 bridgehead atoms. The number of hydrazine groups is 1. The summed E-state index contributed by atoms with van der Waals surface area (Å²) in [5, 5.41) is 0. The van der Waals surface area contributed by atoms with Gasteiger partial charge in [0.25, 0.3) is 0 Å². The van der Waals surface area contributed by atoms with Crippen molar-refractivity contribution < 1.29 is 0 Å². The highest BCUT2D eigenvalue weighted by molar-refractivity contribution is 5.76. The first-order valence-electron chi connectivity index (χ1n) is 4.93. The van der Waals surface area contributed by atoms with Crippen LogP contribution in [0.25, 0.3) is 11.1 Å². The lowest BCUT2D eigenvalue weighted by Gasteiger charge is -2.08. The van der Waals surface area contributed by atoms with E-state index < -0.39 is 0 Å². The molecule has 2 aromatic carbocycles. The maximum atomic E-state index is 5.74. The van der Waals surface area contributed by atoms with E-state index in [1.807, 2.05) is 42.5 Å². The van der Waals surface area contributed by atoms with Gasteiger partial charge in [0.1, 0.15) is 0 Å². The molecule has 0 radical (unpaired) electrons. The van der Waals surface area contributed by atoms with E-state index in [9.17, 15) is 0 Å². The summed E-state index contributed by atoms with van der Waals surface area (Å²) in [5.41, 5.74) is 18.1. The highest BCUT2D eigenvalue weighted by Gasteiger charge is 2.01. The molecule has 0 heterocycles. The second kappa shape index (κ2) is 4.12. The van der Waals surface area contributed by atoms with E-state index in [1.165, 1.54) is 0 Å². The highest BCUT2D eigenvalue weighted by Crippen LogP contribution is 2.27. The van der Waals surface area contributed by atoms with Crippen molar-refractivity contribution in [3.8, 4) is 11.1 Å². The molecule has 2 aromatic rings. The maximum Gasteiger partial charge on any atom is 0.0722 e. The zero-order chi connectivity index (χ0) is 11.5. The molecule has 0 saturated heterocycles. The van der Waals surface area contributed by atoms with Gasteiger partial charge in [-0.25, -0.2) is 0 Å². The first-order chi connectivity index (χ1) is 7.70. The molecule has 0 aromatic heterocycles. The number of nitrogens with one attached hydrogen (secondary N) is 1. The number of hydrogen-bond donors (Lipinski definition) is 4. The van der Waals surface area contributed by atoms with Crippen LogP contribution in [0.2, 0.25) is 0 Å². The summed E-state index contributed by atoms with van der Waals surface area (Å²) in [6, 6.07) is 13.3. The number of nitrogens with two attached hydrogens (primary N) is 3. The Hall–Kier alpha value is -2.20. The lowest BCUT2D eigenvalue weighted by atomic mass is 10.0. The van der Waals surface area contributed by atoms with Crippen molar-refractivity contribution in [3.05, 3.63) is 42.5 Å². The third-order valence-electron chi connectivity index (χ3n) is 2.45. The number of anilines is 3. The van der Waals surface area contributed by atoms with E-state index in [0.717, 1.165) is 16.8 Å². The minimum atomic E-state index is 0.627. The Bertz CT molecular complexity index is 491. The third kappa shape index (κ3) is 1.92. The Morgan fingerprint density at radius 3 is 2.06 bits per heavy atom. The lowest BCUT2D eigenvalue weighted by molar-refractivity contribution is 1.35. The van der Waals surface area contributed by atoms with Crippen LogP contribution in [0.3, 0.4) is 0 Å². The van der Waals surface area contributed by atoms with Gasteiger partial charge in [-0.15, -0.1) is 0 Å². The Kier molecular flexibility index (Phi) is 2.66. The number of hydrogen-bond acceptors (Lipinski definition) is 4. The predicted molar refractivity (Wildman–Crippen MR) is 68.5 cm³/mol. The first-order valence-corrected chi connectivity index (χ1v) is 4.93. The van der Waals surface area contributed by atoms with Gasteiger partial charge in [-0.05, 0) is 35.4 Å². The smallest absolute Gasteiger partial charge is 0.0722 e. The van der Waals surface area contributed by atoms with Gasteiger partial charge in [0, 0.05) is 5.69 Å². The molecule has 82 valence electrons. The van der Waals surface area contributed by atoms with Crippen molar-refractivity contribution >= 4 is 17.1 Å². The summed E-state index contributed by atoms with van der Waals surface area (Å²) in [6.07, 6.45) is 0. The van der Waals surface area contributed by atoms with Gasteiger partial charge in [0.15, 0.2) is 0 Å². The molecule has 0 unspecified atom stereocenters. The summed E-state index contributed by atoms with van der Waals surface area (Å²) in [4.78, 5) is 0. The van der Waals surface area contributed by atoms with E-state index in [1.54, 1.807) is 0 Å². The molecule has 0 amide bonds. The van der Waals surface area contributed by atoms with Gasteiger partial charge in [-0.3, -0.25) is 5.84 Å². The largest absolute Gasteiger partial charge is 0.399 e. The molecule has 0 atom stereocenters. The Balaban J connectivity index is 2.44. The lowest BCUT2D eigenvalue weighted by Crippen LogP contribution is -2.08. The van der Waals surface area contributed by atoms with Crippen LogP contribution in [0.15, 0.2) is 42.5 Å². The van der Waals surface area contributed by atoms with Gasteiger partial charge in [-0.1, -0.05) is 18.2 Å². The fourth-order valence-electron chi connectivity index (χ4n) is 1.54. The zero-order valence-electron chi connectivity index (χ0n) is 8.77. The second-order valence-electron chi connectivity index (χ2n) is 3.57. The van der Waals surface area contributed by atoms with Crippen LogP contribution < -0.4 is 22.7 Å². The van der Waals surface area contributed by atoms with Crippen molar-refractivity contribution in [1.82, 2.24) is 0 Å². The van der Waals surface area contributed by atoms with Crippen molar-refractivity contribution in [3.63, 3.8) is 0 Å². The van der Waals surface area contributed by atoms with Gasteiger partial charge >= 0.3 is 0 Å². The zero-order valence-corrected chi connectivity index (χ0v) is 8.77. The van der Waals surface area contributed by atoms with E-state index in [0.29, 0.717) is 11.4 Å². The van der Waals surface area contributed by atoms with Crippen LogP contribution in [0.4, 0.5) is 17.1 Å². The quantitative estimate of drug-likeness (QED) is 0.348. The summed E-state index contributed by atoms with van der Waals surface area (Å²) >= 11 is 0. The van der Waals surface area contributed by atoms with Crippen molar-refractivity contribution in [1.29, 1.82) is 0 Å². The van der Waals surface area contributed by atoms with Crippen molar-refractivity contribution in [2.75, 3.05) is 16.9 Å². The van der Waals surface area contributed by atoms with E-state index >= 15 is 0 Å². The molecule has 0 aliphatic carbocycles. The minimum Gasteiger partial charge on any atom is -0.399 e. The second-order valence-corrected chi connectivity index (χ2v) is 3.57. The number of benzene rings is 2. The molecule has 0 saturated carbocycles. The predicted octanol–water partition coefficient (Wildman–Crippen LogP) is 1.80. The summed E-state index contributed by atoms with van der Waals surface area (Å²) < 4.78 is 0. The topological polar surface area (TPSA) is 90.1 Å². The average molecular weight is 214 g/mol. The van der Waals surface area contributed by atoms with Crippen molar-refractivity contribution in [2.24, 2.45) is 5.84 Å². The molecule has 0 aliphatic heterocycles. The summed E-state index contributed by atoms with van der Waals surface area (Å²) in [7, 11) is 0. The Morgan fingerprint density at radius 2 is 1.44 bits per heavy atom. The normalized spacial score (nSPS) is 10.1. The van der Waals surface area contributed by atoms with E-state index in [2.05, 4.69) is 5.43 Å². The van der Waals surface area contributed by atoms with Crippen LogP contribution in [0.1, 0.15) is 0 Å². The molecule has 16 heavy (non-hydrogen) atoms. The maximum absolute atomic E-state index is 5.74. The van der Waals surface area contributed by atoms with Crippen molar-refractivity contribution in [2.45, 2.75) is 0 Å². The van der Waals surface area contributed by atoms with Gasteiger partial charge in [0.05, 0.1) is 11.4 Å². The van der Waals surface area contributed by atoms with E-state index in [-0.39, 0.29) is 0 Å². The van der Waals surface area contributed by atoms with Crippen LogP contribution in [-0.4, -0.2) is 0 Å². The molecule has 4 heteroatoms. The SMILES string of the molecule is NNc1cc(-c2ccc(N)cc2)ccc1N. The summed E-state index contributed by atoms with van der Waals surface area (Å²) in [5.74, 6) is 5.37. The highest BCUT2D eigenvalue weighted by atomic mass is 15.2.